The molecular weight excluding hydrogens is 265 g/mol. The minimum Gasteiger partial charge on any atom is -0.314 e. The highest BCUT2D eigenvalue weighted by atomic mass is 35.5. The minimum atomic E-state index is -2.63. The van der Waals surface area contributed by atoms with Crippen molar-refractivity contribution >= 4 is 11.6 Å². The summed E-state index contributed by atoms with van der Waals surface area (Å²) in [5.74, 6) is -0.675. The van der Waals surface area contributed by atoms with Gasteiger partial charge in [-0.15, -0.1) is 0 Å². The van der Waals surface area contributed by atoms with Gasteiger partial charge in [-0.05, 0) is 12.1 Å². The number of halogens is 4. The van der Waals surface area contributed by atoms with Gasteiger partial charge in [0.05, 0.1) is 6.04 Å². The fourth-order valence-electron chi connectivity index (χ4n) is 2.19. The molecule has 0 amide bonds. The molecule has 1 N–H and O–H groups in total. The molecule has 100 valence electrons. The van der Waals surface area contributed by atoms with E-state index in [1.807, 2.05) is 0 Å². The van der Waals surface area contributed by atoms with Crippen LogP contribution in [0, 0.1) is 5.82 Å². The highest BCUT2D eigenvalue weighted by Gasteiger charge is 2.32. The van der Waals surface area contributed by atoms with Crippen LogP contribution in [0.5, 0.6) is 0 Å². The van der Waals surface area contributed by atoms with Crippen LogP contribution < -0.4 is 5.32 Å². The second-order valence-corrected chi connectivity index (χ2v) is 4.67. The van der Waals surface area contributed by atoms with Gasteiger partial charge in [-0.3, -0.25) is 4.90 Å². The standard InChI is InChI=1S/C12H14ClF3N2/c13-8-1-2-9(10(14)7-8)11(12(15)16)18-5-3-17-4-6-18/h1-2,7,11-12,17H,3-6H2/t11-/m1/s1. The summed E-state index contributed by atoms with van der Waals surface area (Å²) in [6.45, 7) is 2.24. The molecule has 2 nitrogen and oxygen atoms in total. The fourth-order valence-corrected chi connectivity index (χ4v) is 2.35. The molecule has 1 aromatic carbocycles. The van der Waals surface area contributed by atoms with Gasteiger partial charge in [-0.1, -0.05) is 17.7 Å². The molecule has 1 fully saturated rings. The summed E-state index contributed by atoms with van der Waals surface area (Å²) >= 11 is 5.64. The zero-order chi connectivity index (χ0) is 13.1. The summed E-state index contributed by atoms with van der Waals surface area (Å²) in [7, 11) is 0. The van der Waals surface area contributed by atoms with Crippen LogP contribution in [0.4, 0.5) is 13.2 Å². The molecule has 0 saturated carbocycles. The molecule has 18 heavy (non-hydrogen) atoms. The van der Waals surface area contributed by atoms with Crippen molar-refractivity contribution in [1.29, 1.82) is 0 Å². The minimum absolute atomic E-state index is 0.0105. The van der Waals surface area contributed by atoms with Crippen LogP contribution in [0.3, 0.4) is 0 Å². The largest absolute Gasteiger partial charge is 0.314 e. The van der Waals surface area contributed by atoms with Crippen molar-refractivity contribution in [2.24, 2.45) is 0 Å². The lowest BCUT2D eigenvalue weighted by atomic mass is 10.0. The van der Waals surface area contributed by atoms with Gasteiger partial charge in [0.1, 0.15) is 5.82 Å². The van der Waals surface area contributed by atoms with Crippen molar-refractivity contribution in [3.63, 3.8) is 0 Å². The van der Waals surface area contributed by atoms with Gasteiger partial charge in [-0.2, -0.15) is 0 Å². The van der Waals surface area contributed by atoms with E-state index in [2.05, 4.69) is 5.32 Å². The number of nitrogens with one attached hydrogen (secondary N) is 1. The highest BCUT2D eigenvalue weighted by Crippen LogP contribution is 2.30. The second kappa shape index (κ2) is 5.91. The van der Waals surface area contributed by atoms with Crippen molar-refractivity contribution in [3.05, 3.63) is 34.6 Å². The second-order valence-electron chi connectivity index (χ2n) is 4.23. The maximum Gasteiger partial charge on any atom is 0.258 e. The molecule has 1 atom stereocenters. The Morgan fingerprint density at radius 1 is 1.22 bits per heavy atom. The zero-order valence-corrected chi connectivity index (χ0v) is 10.4. The first-order valence-electron chi connectivity index (χ1n) is 5.77. The smallest absolute Gasteiger partial charge is 0.258 e. The monoisotopic (exact) mass is 278 g/mol. The fraction of sp³-hybridized carbons (Fsp3) is 0.500. The predicted molar refractivity (Wildman–Crippen MR) is 64.6 cm³/mol. The van der Waals surface area contributed by atoms with Crippen LogP contribution >= 0.6 is 11.6 Å². The Labute approximate surface area is 109 Å². The number of rotatable bonds is 3. The van der Waals surface area contributed by atoms with Crippen molar-refractivity contribution in [2.75, 3.05) is 26.2 Å². The van der Waals surface area contributed by atoms with E-state index < -0.39 is 18.3 Å². The molecule has 0 unspecified atom stereocenters. The van der Waals surface area contributed by atoms with E-state index in [0.717, 1.165) is 6.07 Å². The van der Waals surface area contributed by atoms with Gasteiger partial charge in [-0.25, -0.2) is 13.2 Å². The number of hydrogen-bond acceptors (Lipinski definition) is 2. The molecule has 0 radical (unpaired) electrons. The van der Waals surface area contributed by atoms with E-state index in [9.17, 15) is 13.2 Å². The van der Waals surface area contributed by atoms with Crippen molar-refractivity contribution < 1.29 is 13.2 Å². The summed E-state index contributed by atoms with van der Waals surface area (Å²) in [5.41, 5.74) is 0.0105. The summed E-state index contributed by atoms with van der Waals surface area (Å²) < 4.78 is 40.1. The molecule has 1 saturated heterocycles. The van der Waals surface area contributed by atoms with E-state index in [1.165, 1.54) is 12.1 Å². The van der Waals surface area contributed by atoms with Gasteiger partial charge >= 0.3 is 0 Å². The lowest BCUT2D eigenvalue weighted by Crippen LogP contribution is -2.47. The lowest BCUT2D eigenvalue weighted by Gasteiger charge is -2.34. The van der Waals surface area contributed by atoms with Crippen LogP contribution in [0.2, 0.25) is 5.02 Å². The first-order valence-corrected chi connectivity index (χ1v) is 6.15. The molecule has 0 aliphatic carbocycles. The Balaban J connectivity index is 2.28. The zero-order valence-electron chi connectivity index (χ0n) is 9.67. The number of benzene rings is 1. The Bertz CT molecular complexity index is 408. The maximum atomic E-state index is 13.8. The van der Waals surface area contributed by atoms with Crippen LogP contribution in [0.25, 0.3) is 0 Å². The van der Waals surface area contributed by atoms with Gasteiger partial charge in [0.2, 0.25) is 0 Å². The molecule has 1 aliphatic rings. The van der Waals surface area contributed by atoms with Crippen LogP contribution in [0.15, 0.2) is 18.2 Å². The summed E-state index contributed by atoms with van der Waals surface area (Å²) in [6, 6.07) is 2.66. The molecule has 0 aromatic heterocycles. The van der Waals surface area contributed by atoms with E-state index >= 15 is 0 Å². The molecule has 2 rings (SSSR count). The SMILES string of the molecule is Fc1cc(Cl)ccc1[C@H](C(F)F)N1CCNCC1. The molecule has 1 heterocycles. The number of hydrogen-bond donors (Lipinski definition) is 1. The first kappa shape index (κ1) is 13.6. The topological polar surface area (TPSA) is 15.3 Å². The maximum absolute atomic E-state index is 13.8. The summed E-state index contributed by atoms with van der Waals surface area (Å²) in [6.07, 6.45) is -2.63. The number of piperazine rings is 1. The third kappa shape index (κ3) is 2.96. The van der Waals surface area contributed by atoms with Gasteiger partial charge < -0.3 is 5.32 Å². The van der Waals surface area contributed by atoms with Crippen LogP contribution in [-0.2, 0) is 0 Å². The number of nitrogens with zero attached hydrogens (tertiary/aromatic N) is 1. The van der Waals surface area contributed by atoms with E-state index in [4.69, 9.17) is 11.6 Å². The normalized spacial score (nSPS) is 19.2. The Kier molecular flexibility index (Phi) is 4.48. The third-order valence-corrected chi connectivity index (χ3v) is 3.30. The lowest BCUT2D eigenvalue weighted by molar-refractivity contribution is 0.0164. The van der Waals surface area contributed by atoms with Crippen LogP contribution in [0.1, 0.15) is 11.6 Å². The molecular formula is C12H14ClF3N2. The molecule has 6 heteroatoms. The van der Waals surface area contributed by atoms with E-state index in [1.54, 1.807) is 4.90 Å². The Morgan fingerprint density at radius 3 is 2.44 bits per heavy atom. The van der Waals surface area contributed by atoms with E-state index in [0.29, 0.717) is 26.2 Å². The predicted octanol–water partition coefficient (Wildman–Crippen LogP) is 2.69. The van der Waals surface area contributed by atoms with Crippen molar-refractivity contribution in [1.82, 2.24) is 10.2 Å². The molecule has 0 bridgehead atoms. The molecule has 0 spiro atoms. The molecule has 1 aliphatic heterocycles. The van der Waals surface area contributed by atoms with E-state index in [-0.39, 0.29) is 10.6 Å². The summed E-state index contributed by atoms with van der Waals surface area (Å²) in [5, 5.41) is 3.29. The van der Waals surface area contributed by atoms with Gasteiger partial charge in [0.15, 0.2) is 0 Å². The van der Waals surface area contributed by atoms with Crippen LogP contribution in [-0.4, -0.2) is 37.5 Å². The first-order chi connectivity index (χ1) is 8.59. The quantitative estimate of drug-likeness (QED) is 0.914. The van der Waals surface area contributed by atoms with Crippen molar-refractivity contribution in [3.8, 4) is 0 Å². The average molecular weight is 279 g/mol. The highest BCUT2D eigenvalue weighted by molar-refractivity contribution is 6.30. The molecule has 1 aromatic rings. The average Bonchev–Trinajstić information content (AvgIpc) is 2.33. The third-order valence-electron chi connectivity index (χ3n) is 3.06. The summed E-state index contributed by atoms with van der Waals surface area (Å²) in [4.78, 5) is 1.60. The number of alkyl halides is 2. The van der Waals surface area contributed by atoms with Crippen molar-refractivity contribution in [2.45, 2.75) is 12.5 Å². The van der Waals surface area contributed by atoms with Gasteiger partial charge in [0, 0.05) is 36.8 Å². The Hall–Kier alpha value is -0.780. The Morgan fingerprint density at radius 2 is 1.89 bits per heavy atom. The van der Waals surface area contributed by atoms with Gasteiger partial charge in [0.25, 0.3) is 6.43 Å².